The van der Waals surface area contributed by atoms with Crippen molar-refractivity contribution in [1.82, 2.24) is 19.7 Å². The molecule has 144 valence electrons. The van der Waals surface area contributed by atoms with Gasteiger partial charge in [-0.15, -0.1) is 10.2 Å². The number of hydrogen-bond acceptors (Lipinski definition) is 6. The standard InChI is InChI=1S/C21H17N5O2S/c27-26(28)19-10-4-8-17(12-19)15-29-21-24-23-20(18-9-5-11-22-13-18)25(21)14-16-6-2-1-3-7-16/h1-13H,14-15H2. The van der Waals surface area contributed by atoms with E-state index < -0.39 is 0 Å². The zero-order valence-electron chi connectivity index (χ0n) is 15.4. The van der Waals surface area contributed by atoms with Crippen molar-refractivity contribution in [3.05, 3.63) is 100 Å². The van der Waals surface area contributed by atoms with Gasteiger partial charge in [0.2, 0.25) is 0 Å². The number of non-ortho nitro benzene ring substituents is 1. The minimum Gasteiger partial charge on any atom is -0.297 e. The molecule has 0 amide bonds. The minimum atomic E-state index is -0.382. The average Bonchev–Trinajstić information content (AvgIpc) is 3.16. The van der Waals surface area contributed by atoms with Crippen molar-refractivity contribution < 1.29 is 4.92 Å². The van der Waals surface area contributed by atoms with Crippen molar-refractivity contribution in [1.29, 1.82) is 0 Å². The summed E-state index contributed by atoms with van der Waals surface area (Å²) >= 11 is 1.50. The largest absolute Gasteiger partial charge is 0.297 e. The molecule has 29 heavy (non-hydrogen) atoms. The van der Waals surface area contributed by atoms with Gasteiger partial charge < -0.3 is 0 Å². The normalized spacial score (nSPS) is 10.8. The topological polar surface area (TPSA) is 86.7 Å². The van der Waals surface area contributed by atoms with E-state index in [0.717, 1.165) is 27.7 Å². The zero-order chi connectivity index (χ0) is 20.1. The number of nitro groups is 1. The predicted octanol–water partition coefficient (Wildman–Crippen LogP) is 4.59. The summed E-state index contributed by atoms with van der Waals surface area (Å²) in [6.45, 7) is 0.620. The molecule has 0 atom stereocenters. The van der Waals surface area contributed by atoms with E-state index in [1.165, 1.54) is 17.8 Å². The number of nitrogens with zero attached hydrogens (tertiary/aromatic N) is 5. The molecule has 2 aromatic carbocycles. The molecule has 0 saturated carbocycles. The first kappa shape index (κ1) is 18.8. The van der Waals surface area contributed by atoms with Crippen LogP contribution in [0.25, 0.3) is 11.4 Å². The number of rotatable bonds is 7. The van der Waals surface area contributed by atoms with Crippen LogP contribution in [-0.4, -0.2) is 24.7 Å². The monoisotopic (exact) mass is 403 g/mol. The lowest BCUT2D eigenvalue weighted by Gasteiger charge is -2.10. The summed E-state index contributed by atoms with van der Waals surface area (Å²) in [7, 11) is 0. The van der Waals surface area contributed by atoms with Crippen LogP contribution in [0.5, 0.6) is 0 Å². The molecule has 0 aliphatic rings. The van der Waals surface area contributed by atoms with Crippen LogP contribution in [0.1, 0.15) is 11.1 Å². The van der Waals surface area contributed by atoms with Crippen LogP contribution < -0.4 is 0 Å². The van der Waals surface area contributed by atoms with Crippen LogP contribution in [0, 0.1) is 10.1 Å². The molecular formula is C21H17N5O2S. The van der Waals surface area contributed by atoms with Crippen molar-refractivity contribution in [3.63, 3.8) is 0 Å². The SMILES string of the molecule is O=[N+]([O-])c1cccc(CSc2nnc(-c3cccnc3)n2Cc2ccccc2)c1. The number of nitro benzene ring substituents is 1. The highest BCUT2D eigenvalue weighted by molar-refractivity contribution is 7.98. The van der Waals surface area contributed by atoms with Crippen molar-refractivity contribution in [2.45, 2.75) is 17.5 Å². The van der Waals surface area contributed by atoms with Gasteiger partial charge in [0.25, 0.3) is 5.69 Å². The third-order valence-electron chi connectivity index (χ3n) is 4.31. The Balaban J connectivity index is 1.63. The van der Waals surface area contributed by atoms with Crippen molar-refractivity contribution in [2.24, 2.45) is 0 Å². The first-order valence-corrected chi connectivity index (χ1v) is 9.93. The van der Waals surface area contributed by atoms with E-state index in [1.807, 2.05) is 41.0 Å². The average molecular weight is 403 g/mol. The number of hydrogen-bond donors (Lipinski definition) is 0. The molecule has 8 heteroatoms. The maximum absolute atomic E-state index is 11.0. The highest BCUT2D eigenvalue weighted by Gasteiger charge is 2.16. The molecule has 4 rings (SSSR count). The molecule has 0 saturated heterocycles. The van der Waals surface area contributed by atoms with E-state index in [1.54, 1.807) is 24.5 Å². The van der Waals surface area contributed by atoms with Gasteiger partial charge in [-0.25, -0.2) is 0 Å². The van der Waals surface area contributed by atoms with Gasteiger partial charge in [-0.2, -0.15) is 0 Å². The van der Waals surface area contributed by atoms with Crippen LogP contribution in [0.3, 0.4) is 0 Å². The quantitative estimate of drug-likeness (QED) is 0.255. The molecule has 0 N–H and O–H groups in total. The fourth-order valence-electron chi connectivity index (χ4n) is 2.92. The van der Waals surface area contributed by atoms with E-state index in [4.69, 9.17) is 0 Å². The van der Waals surface area contributed by atoms with Crippen molar-refractivity contribution in [3.8, 4) is 11.4 Å². The van der Waals surface area contributed by atoms with Gasteiger partial charge in [-0.05, 0) is 23.3 Å². The summed E-state index contributed by atoms with van der Waals surface area (Å²) < 4.78 is 2.05. The van der Waals surface area contributed by atoms with Crippen LogP contribution in [-0.2, 0) is 12.3 Å². The van der Waals surface area contributed by atoms with Crippen LogP contribution in [0.15, 0.2) is 84.3 Å². The molecule has 0 aliphatic carbocycles. The van der Waals surface area contributed by atoms with E-state index >= 15 is 0 Å². The van der Waals surface area contributed by atoms with Crippen LogP contribution >= 0.6 is 11.8 Å². The summed E-state index contributed by atoms with van der Waals surface area (Å²) in [4.78, 5) is 14.8. The molecule has 7 nitrogen and oxygen atoms in total. The number of thioether (sulfide) groups is 1. The maximum atomic E-state index is 11.0. The zero-order valence-corrected chi connectivity index (χ0v) is 16.2. The Kier molecular flexibility index (Phi) is 5.62. The van der Waals surface area contributed by atoms with E-state index in [-0.39, 0.29) is 10.6 Å². The van der Waals surface area contributed by atoms with Gasteiger partial charge in [0.05, 0.1) is 11.5 Å². The summed E-state index contributed by atoms with van der Waals surface area (Å²) in [6, 6.07) is 20.6. The third-order valence-corrected chi connectivity index (χ3v) is 5.35. The molecule has 2 aromatic heterocycles. The summed E-state index contributed by atoms with van der Waals surface area (Å²) in [6.07, 6.45) is 3.49. The van der Waals surface area contributed by atoms with Crippen molar-refractivity contribution >= 4 is 17.4 Å². The smallest absolute Gasteiger partial charge is 0.269 e. The Morgan fingerprint density at radius 2 is 1.79 bits per heavy atom. The molecular weight excluding hydrogens is 386 g/mol. The van der Waals surface area contributed by atoms with E-state index in [0.29, 0.717) is 12.3 Å². The number of benzene rings is 2. The molecule has 0 spiro atoms. The molecule has 0 aliphatic heterocycles. The fourth-order valence-corrected chi connectivity index (χ4v) is 3.80. The predicted molar refractivity (Wildman–Crippen MR) is 111 cm³/mol. The molecule has 4 aromatic rings. The lowest BCUT2D eigenvalue weighted by Crippen LogP contribution is -2.04. The lowest BCUT2D eigenvalue weighted by atomic mass is 10.2. The molecule has 0 fully saturated rings. The van der Waals surface area contributed by atoms with Crippen LogP contribution in [0.4, 0.5) is 5.69 Å². The van der Waals surface area contributed by atoms with Gasteiger partial charge in [0.1, 0.15) is 0 Å². The molecule has 2 heterocycles. The molecule has 0 radical (unpaired) electrons. The van der Waals surface area contributed by atoms with Gasteiger partial charge in [0, 0.05) is 35.8 Å². The van der Waals surface area contributed by atoms with Gasteiger partial charge in [-0.3, -0.25) is 19.7 Å². The second-order valence-electron chi connectivity index (χ2n) is 6.34. The first-order valence-electron chi connectivity index (χ1n) is 8.94. The second-order valence-corrected chi connectivity index (χ2v) is 7.28. The van der Waals surface area contributed by atoms with Gasteiger partial charge in [-0.1, -0.05) is 54.2 Å². The van der Waals surface area contributed by atoms with Crippen molar-refractivity contribution in [2.75, 3.05) is 0 Å². The highest BCUT2D eigenvalue weighted by atomic mass is 32.2. The Morgan fingerprint density at radius 1 is 0.966 bits per heavy atom. The van der Waals surface area contributed by atoms with Gasteiger partial charge in [0.15, 0.2) is 11.0 Å². The van der Waals surface area contributed by atoms with Gasteiger partial charge >= 0.3 is 0 Å². The summed E-state index contributed by atoms with van der Waals surface area (Å²) in [5.41, 5.74) is 2.97. The Bertz CT molecular complexity index is 1120. The summed E-state index contributed by atoms with van der Waals surface area (Å²) in [5, 5.41) is 20.5. The summed E-state index contributed by atoms with van der Waals surface area (Å²) in [5.74, 6) is 1.30. The molecule has 0 unspecified atom stereocenters. The van der Waals surface area contributed by atoms with E-state index in [2.05, 4.69) is 27.3 Å². The number of aromatic nitrogens is 4. The van der Waals surface area contributed by atoms with Crippen LogP contribution in [0.2, 0.25) is 0 Å². The Labute approximate surface area is 171 Å². The maximum Gasteiger partial charge on any atom is 0.269 e. The minimum absolute atomic E-state index is 0.0879. The Morgan fingerprint density at radius 3 is 2.55 bits per heavy atom. The van der Waals surface area contributed by atoms with E-state index in [9.17, 15) is 10.1 Å². The lowest BCUT2D eigenvalue weighted by molar-refractivity contribution is -0.384. The fraction of sp³-hybridized carbons (Fsp3) is 0.0952. The Hall–Kier alpha value is -3.52. The second kappa shape index (κ2) is 8.66. The molecule has 0 bridgehead atoms. The third kappa shape index (κ3) is 4.49. The number of pyridine rings is 1. The highest BCUT2D eigenvalue weighted by Crippen LogP contribution is 2.28. The first-order chi connectivity index (χ1) is 14.2.